The molecule has 4 heteroatoms. The van der Waals surface area contributed by atoms with Crippen LogP contribution in [0.5, 0.6) is 0 Å². The van der Waals surface area contributed by atoms with E-state index in [1.807, 2.05) is 0 Å². The van der Waals surface area contributed by atoms with Crippen molar-refractivity contribution < 1.29 is 61.9 Å². The Balaban J connectivity index is -0.000000213. The molecule has 62 valence electrons. The Morgan fingerprint density at radius 3 is 1.73 bits per heavy atom. The first kappa shape index (κ1) is 18.1. The summed E-state index contributed by atoms with van der Waals surface area (Å²) in [5.74, 6) is 0. The summed E-state index contributed by atoms with van der Waals surface area (Å²) in [6.45, 7) is 4.40. The van der Waals surface area contributed by atoms with Gasteiger partial charge in [0.05, 0.1) is 0 Å². The van der Waals surface area contributed by atoms with Crippen molar-refractivity contribution in [3.8, 4) is 0 Å². The molecule has 0 amide bonds. The molecule has 0 aromatic rings. The van der Waals surface area contributed by atoms with Crippen molar-refractivity contribution >= 4 is 0 Å². The second-order valence-corrected chi connectivity index (χ2v) is 3.89. The summed E-state index contributed by atoms with van der Waals surface area (Å²) in [4.78, 5) is 0. The van der Waals surface area contributed by atoms with E-state index in [9.17, 15) is 0 Å². The van der Waals surface area contributed by atoms with Gasteiger partial charge in [0, 0.05) is 0 Å². The van der Waals surface area contributed by atoms with E-state index >= 15 is 0 Å². The smallest absolute Gasteiger partial charge is 1.00 e. The third-order valence-corrected chi connectivity index (χ3v) is 2.31. The van der Waals surface area contributed by atoms with Gasteiger partial charge in [0.25, 0.3) is 0 Å². The molecule has 0 N–H and O–H groups in total. The Kier molecular flexibility index (Phi) is 12.9. The maximum Gasteiger partial charge on any atom is -1.00 e. The van der Waals surface area contributed by atoms with Gasteiger partial charge in [0.2, 0.25) is 0 Å². The van der Waals surface area contributed by atoms with E-state index in [0.717, 1.165) is 0 Å². The van der Waals surface area contributed by atoms with E-state index in [1.165, 1.54) is 12.0 Å². The molecule has 1 aliphatic carbocycles. The van der Waals surface area contributed by atoms with Crippen molar-refractivity contribution in [1.82, 2.24) is 0 Å². The molecule has 0 nitrogen and oxygen atoms in total. The molecule has 0 radical (unpaired) electrons. The zero-order valence-corrected chi connectivity index (χ0v) is 11.1. The largest absolute Gasteiger partial charge is 1.00 e. The van der Waals surface area contributed by atoms with Crippen molar-refractivity contribution in [3.63, 3.8) is 0 Å². The Morgan fingerprint density at radius 2 is 1.64 bits per heavy atom. The third kappa shape index (κ3) is 5.47. The van der Waals surface area contributed by atoms with Gasteiger partial charge in [-0.25, -0.2) is 0 Å². The summed E-state index contributed by atoms with van der Waals surface area (Å²) in [5.41, 5.74) is 3.04. The van der Waals surface area contributed by atoms with Gasteiger partial charge >= 0.3 is 65.5 Å². The Labute approximate surface area is 102 Å². The molecule has 0 saturated heterocycles. The Bertz CT molecular complexity index is 173. The van der Waals surface area contributed by atoms with Crippen LogP contribution in [0.4, 0.5) is 0 Å². The van der Waals surface area contributed by atoms with Gasteiger partial charge in [-0.3, -0.25) is 0 Å². The SMILES string of the molecule is CC1=C(C)C[C]([Zr+3])=C1.[Cl-].[Cl-].[Cl-]. The van der Waals surface area contributed by atoms with Crippen LogP contribution in [0.25, 0.3) is 0 Å². The van der Waals surface area contributed by atoms with Crippen molar-refractivity contribution in [2.45, 2.75) is 20.3 Å². The van der Waals surface area contributed by atoms with Crippen LogP contribution in [-0.2, 0) is 24.7 Å². The van der Waals surface area contributed by atoms with Gasteiger partial charge in [-0.2, -0.15) is 0 Å². The molecule has 0 fully saturated rings. The molecular weight excluding hydrogens is 282 g/mol. The molecule has 1 aliphatic rings. The van der Waals surface area contributed by atoms with Crippen molar-refractivity contribution in [1.29, 1.82) is 0 Å². The predicted molar refractivity (Wildman–Crippen MR) is 31.1 cm³/mol. The average Bonchev–Trinajstić information content (AvgIpc) is 1.85. The first-order chi connectivity index (χ1) is 3.70. The van der Waals surface area contributed by atoms with Crippen LogP contribution in [0.2, 0.25) is 0 Å². The minimum atomic E-state index is 0. The average molecular weight is 291 g/mol. The molecule has 0 aromatic carbocycles. The normalized spacial score (nSPS) is 14.4. The van der Waals surface area contributed by atoms with Crippen LogP contribution in [0.15, 0.2) is 20.5 Å². The summed E-state index contributed by atoms with van der Waals surface area (Å²) < 4.78 is 1.59. The zero-order valence-electron chi connectivity index (χ0n) is 6.42. The molecule has 0 atom stereocenters. The molecule has 1 rings (SSSR count). The molecule has 0 aromatic heterocycles. The standard InChI is InChI=1S/C7H9.3ClH.Zr/c1-6-4-3-5-7(6)2;;;;/h4H,5H2,1-2H3;3*1H;/q;;;;+3/p-3. The van der Waals surface area contributed by atoms with Crippen LogP contribution in [0, 0.1) is 0 Å². The van der Waals surface area contributed by atoms with Gasteiger partial charge in [0.15, 0.2) is 0 Å². The molecule has 0 spiro atoms. The number of hydrogen-bond donors (Lipinski definition) is 0. The topological polar surface area (TPSA) is 0 Å². The van der Waals surface area contributed by atoms with E-state index in [4.69, 9.17) is 0 Å². The van der Waals surface area contributed by atoms with E-state index in [1.54, 1.807) is 33.6 Å². The van der Waals surface area contributed by atoms with Crippen molar-refractivity contribution in [3.05, 3.63) is 20.5 Å². The fraction of sp³-hybridized carbons (Fsp3) is 0.429. The minimum Gasteiger partial charge on any atom is -1.00 e. The van der Waals surface area contributed by atoms with Gasteiger partial charge in [-0.15, -0.1) is 0 Å². The molecule has 0 bridgehead atoms. The number of hydrogen-bond acceptors (Lipinski definition) is 0. The fourth-order valence-electron chi connectivity index (χ4n) is 0.861. The first-order valence-corrected chi connectivity index (χ1v) is 4.01. The van der Waals surface area contributed by atoms with E-state index in [0.29, 0.717) is 0 Å². The summed E-state index contributed by atoms with van der Waals surface area (Å²) in [5, 5.41) is 0. The number of rotatable bonds is 0. The minimum absolute atomic E-state index is 0. The van der Waals surface area contributed by atoms with Gasteiger partial charge < -0.3 is 37.2 Å². The van der Waals surface area contributed by atoms with Gasteiger partial charge in [-0.05, 0) is 0 Å². The second-order valence-electron chi connectivity index (χ2n) is 2.31. The van der Waals surface area contributed by atoms with E-state index in [2.05, 4.69) is 19.9 Å². The van der Waals surface area contributed by atoms with Gasteiger partial charge in [-0.1, -0.05) is 0 Å². The van der Waals surface area contributed by atoms with Crippen molar-refractivity contribution in [2.24, 2.45) is 0 Å². The quantitative estimate of drug-likeness (QED) is 0.416. The van der Waals surface area contributed by atoms with Crippen LogP contribution in [0.3, 0.4) is 0 Å². The third-order valence-electron chi connectivity index (χ3n) is 1.52. The number of halogens is 3. The predicted octanol–water partition coefficient (Wildman–Crippen LogP) is -6.83. The Morgan fingerprint density at radius 1 is 1.18 bits per heavy atom. The second kappa shape index (κ2) is 7.86. The summed E-state index contributed by atoms with van der Waals surface area (Å²) in [7, 11) is 0. The van der Waals surface area contributed by atoms with Crippen molar-refractivity contribution in [2.75, 3.05) is 0 Å². The van der Waals surface area contributed by atoms with Crippen LogP contribution < -0.4 is 37.2 Å². The summed E-state index contributed by atoms with van der Waals surface area (Å²) in [6.07, 6.45) is 3.54. The van der Waals surface area contributed by atoms with E-state index in [-0.39, 0.29) is 37.2 Å². The maximum absolute atomic E-state index is 2.30. The molecule has 0 unspecified atom stereocenters. The monoisotopic (exact) mass is 288 g/mol. The van der Waals surface area contributed by atoms with E-state index < -0.39 is 0 Å². The van der Waals surface area contributed by atoms with Gasteiger partial charge in [0.1, 0.15) is 0 Å². The molecule has 0 heterocycles. The fourth-order valence-corrected chi connectivity index (χ4v) is 2.04. The summed E-state index contributed by atoms with van der Waals surface area (Å²) >= 11 is 1.58. The molecule has 11 heavy (non-hydrogen) atoms. The van der Waals surface area contributed by atoms with Crippen LogP contribution >= 0.6 is 0 Å². The Hall–Kier alpha value is 1.23. The first-order valence-electron chi connectivity index (χ1n) is 2.78. The summed E-state index contributed by atoms with van der Waals surface area (Å²) in [6, 6.07) is 0. The maximum atomic E-state index is 2.30. The molecular formula is C7H9Cl3Zr. The van der Waals surface area contributed by atoms with Crippen LogP contribution in [0.1, 0.15) is 20.3 Å². The zero-order chi connectivity index (χ0) is 6.15. The number of allylic oxidation sites excluding steroid dienone is 4. The molecule has 0 saturated carbocycles. The van der Waals surface area contributed by atoms with Crippen LogP contribution in [-0.4, -0.2) is 0 Å². The molecule has 0 aliphatic heterocycles.